The van der Waals surface area contributed by atoms with Crippen molar-refractivity contribution in [1.82, 2.24) is 5.16 Å². The number of nitrogens with zero attached hydrogens (tertiary/aromatic N) is 2. The Hall–Kier alpha value is -1.60. The zero-order valence-electron chi connectivity index (χ0n) is 6.02. The van der Waals surface area contributed by atoms with Crippen LogP contribution in [0.2, 0.25) is 0 Å². The number of hydrogen-bond acceptors (Lipinski definition) is 4. The molecule has 0 aliphatic rings. The van der Waals surface area contributed by atoms with Gasteiger partial charge in [-0.3, -0.25) is 0 Å². The molecule has 2 rings (SSSR count). The molecular formula is C8H4N2OS. The summed E-state index contributed by atoms with van der Waals surface area (Å²) >= 11 is 1.41. The van der Waals surface area contributed by atoms with Gasteiger partial charge in [0.2, 0.25) is 0 Å². The highest BCUT2D eigenvalue weighted by atomic mass is 32.1. The van der Waals surface area contributed by atoms with Crippen molar-refractivity contribution in [1.29, 1.82) is 5.26 Å². The van der Waals surface area contributed by atoms with E-state index in [1.165, 1.54) is 17.6 Å². The second-order valence-electron chi connectivity index (χ2n) is 2.16. The Labute approximate surface area is 72.9 Å². The minimum atomic E-state index is 0.688. The van der Waals surface area contributed by atoms with Gasteiger partial charge in [-0.15, -0.1) is 11.3 Å². The second kappa shape index (κ2) is 2.80. The molecule has 2 aromatic rings. The van der Waals surface area contributed by atoms with Crippen LogP contribution in [0.25, 0.3) is 10.6 Å². The van der Waals surface area contributed by atoms with Crippen LogP contribution in [-0.4, -0.2) is 5.16 Å². The molecule has 0 amide bonds. The molecule has 0 saturated heterocycles. The van der Waals surface area contributed by atoms with Gasteiger partial charge in [-0.1, -0.05) is 5.16 Å². The molecule has 0 aliphatic heterocycles. The largest absolute Gasteiger partial charge is 0.364 e. The Kier molecular flexibility index (Phi) is 1.65. The van der Waals surface area contributed by atoms with Gasteiger partial charge in [0.15, 0.2) is 0 Å². The number of thiophene rings is 1. The van der Waals surface area contributed by atoms with Crippen LogP contribution < -0.4 is 0 Å². The van der Waals surface area contributed by atoms with Crippen LogP contribution in [0.1, 0.15) is 4.88 Å². The molecule has 0 bridgehead atoms. The summed E-state index contributed by atoms with van der Waals surface area (Å²) in [6.07, 6.45) is 1.51. The Morgan fingerprint density at radius 1 is 1.42 bits per heavy atom. The lowest BCUT2D eigenvalue weighted by Gasteiger charge is -1.82. The highest BCUT2D eigenvalue weighted by Gasteiger charge is 2.03. The summed E-state index contributed by atoms with van der Waals surface area (Å²) in [7, 11) is 0. The van der Waals surface area contributed by atoms with Crippen molar-refractivity contribution in [3.05, 3.63) is 29.3 Å². The second-order valence-corrected chi connectivity index (χ2v) is 3.24. The van der Waals surface area contributed by atoms with Gasteiger partial charge >= 0.3 is 0 Å². The van der Waals surface area contributed by atoms with Crippen molar-refractivity contribution in [3.63, 3.8) is 0 Å². The molecular weight excluding hydrogens is 172 g/mol. The zero-order valence-corrected chi connectivity index (χ0v) is 6.84. The molecule has 0 aromatic carbocycles. The monoisotopic (exact) mass is 176 g/mol. The predicted octanol–water partition coefficient (Wildman–Crippen LogP) is 2.27. The minimum absolute atomic E-state index is 0.688. The van der Waals surface area contributed by atoms with Crippen LogP contribution in [0.5, 0.6) is 0 Å². The molecule has 0 aliphatic carbocycles. The van der Waals surface area contributed by atoms with Gasteiger partial charge in [-0.25, -0.2) is 0 Å². The molecule has 0 saturated carbocycles. The molecule has 0 N–H and O–H groups in total. The Morgan fingerprint density at radius 2 is 2.33 bits per heavy atom. The van der Waals surface area contributed by atoms with Crippen molar-refractivity contribution >= 4 is 11.3 Å². The van der Waals surface area contributed by atoms with Crippen LogP contribution >= 0.6 is 11.3 Å². The van der Waals surface area contributed by atoms with E-state index in [1.807, 2.05) is 6.07 Å². The van der Waals surface area contributed by atoms with Gasteiger partial charge in [0.25, 0.3) is 0 Å². The molecule has 0 fully saturated rings. The average molecular weight is 176 g/mol. The summed E-state index contributed by atoms with van der Waals surface area (Å²) in [5, 5.41) is 12.3. The molecule has 2 heterocycles. The highest BCUT2D eigenvalue weighted by molar-refractivity contribution is 7.15. The van der Waals surface area contributed by atoms with E-state index >= 15 is 0 Å². The SMILES string of the molecule is N#Cc1ccc(-c2ccon2)s1. The summed E-state index contributed by atoms with van der Waals surface area (Å²) in [5.74, 6) is 0. The maximum absolute atomic E-state index is 8.57. The van der Waals surface area contributed by atoms with E-state index in [9.17, 15) is 0 Å². The molecule has 12 heavy (non-hydrogen) atoms. The number of nitriles is 1. The summed E-state index contributed by atoms with van der Waals surface area (Å²) < 4.78 is 4.69. The van der Waals surface area contributed by atoms with Crippen LogP contribution in [0.3, 0.4) is 0 Å². The number of rotatable bonds is 1. The van der Waals surface area contributed by atoms with E-state index in [1.54, 1.807) is 12.1 Å². The Morgan fingerprint density at radius 3 is 2.92 bits per heavy atom. The van der Waals surface area contributed by atoms with E-state index in [-0.39, 0.29) is 0 Å². The third kappa shape index (κ3) is 1.11. The first-order valence-corrected chi connectivity index (χ1v) is 4.12. The lowest BCUT2D eigenvalue weighted by Crippen LogP contribution is -1.66. The topological polar surface area (TPSA) is 49.8 Å². The van der Waals surface area contributed by atoms with Crippen LogP contribution in [0.4, 0.5) is 0 Å². The van der Waals surface area contributed by atoms with Gasteiger partial charge in [0.05, 0.1) is 4.88 Å². The fourth-order valence-electron chi connectivity index (χ4n) is 0.875. The van der Waals surface area contributed by atoms with Crippen LogP contribution in [0, 0.1) is 11.3 Å². The van der Waals surface area contributed by atoms with Crippen molar-refractivity contribution in [2.45, 2.75) is 0 Å². The summed E-state index contributed by atoms with van der Waals surface area (Å²) in [5.41, 5.74) is 0.779. The van der Waals surface area contributed by atoms with Gasteiger partial charge in [-0.05, 0) is 12.1 Å². The van der Waals surface area contributed by atoms with E-state index in [4.69, 9.17) is 5.26 Å². The number of hydrogen-bond donors (Lipinski definition) is 0. The predicted molar refractivity (Wildman–Crippen MR) is 44.5 cm³/mol. The fraction of sp³-hybridized carbons (Fsp3) is 0. The third-order valence-corrected chi connectivity index (χ3v) is 2.42. The first-order chi connectivity index (χ1) is 5.90. The smallest absolute Gasteiger partial charge is 0.124 e. The average Bonchev–Trinajstić information content (AvgIpc) is 2.75. The third-order valence-electron chi connectivity index (χ3n) is 1.41. The Bertz CT molecular complexity index is 410. The van der Waals surface area contributed by atoms with Crippen molar-refractivity contribution in [2.75, 3.05) is 0 Å². The van der Waals surface area contributed by atoms with Crippen molar-refractivity contribution < 1.29 is 4.52 Å². The summed E-state index contributed by atoms with van der Waals surface area (Å²) in [4.78, 5) is 1.65. The summed E-state index contributed by atoms with van der Waals surface area (Å²) in [6, 6.07) is 7.47. The summed E-state index contributed by atoms with van der Waals surface area (Å²) in [6.45, 7) is 0. The van der Waals surface area contributed by atoms with Gasteiger partial charge in [-0.2, -0.15) is 5.26 Å². The zero-order chi connectivity index (χ0) is 8.39. The normalized spacial score (nSPS) is 9.58. The van der Waals surface area contributed by atoms with E-state index < -0.39 is 0 Å². The first kappa shape index (κ1) is 7.07. The quantitative estimate of drug-likeness (QED) is 0.669. The van der Waals surface area contributed by atoms with Crippen LogP contribution in [0.15, 0.2) is 29.0 Å². The van der Waals surface area contributed by atoms with Crippen LogP contribution in [-0.2, 0) is 0 Å². The number of aromatic nitrogens is 1. The lowest BCUT2D eigenvalue weighted by atomic mass is 10.3. The van der Waals surface area contributed by atoms with Gasteiger partial charge in [0.1, 0.15) is 22.9 Å². The standard InChI is InChI=1S/C8H4N2OS/c9-5-6-1-2-8(12-6)7-3-4-11-10-7/h1-4H. The van der Waals surface area contributed by atoms with E-state index in [2.05, 4.69) is 15.7 Å². The van der Waals surface area contributed by atoms with Gasteiger partial charge in [0, 0.05) is 6.07 Å². The molecule has 0 atom stereocenters. The van der Waals surface area contributed by atoms with Gasteiger partial charge < -0.3 is 4.52 Å². The van der Waals surface area contributed by atoms with Crippen molar-refractivity contribution in [2.24, 2.45) is 0 Å². The maximum Gasteiger partial charge on any atom is 0.124 e. The molecule has 58 valence electrons. The molecule has 2 aromatic heterocycles. The molecule has 0 unspecified atom stereocenters. The van der Waals surface area contributed by atoms with Crippen molar-refractivity contribution in [3.8, 4) is 16.6 Å². The van der Waals surface area contributed by atoms with E-state index in [0.29, 0.717) is 4.88 Å². The lowest BCUT2D eigenvalue weighted by molar-refractivity contribution is 0.422. The molecule has 4 heteroatoms. The molecule has 0 radical (unpaired) electrons. The minimum Gasteiger partial charge on any atom is -0.364 e. The molecule has 0 spiro atoms. The molecule has 3 nitrogen and oxygen atoms in total. The maximum atomic E-state index is 8.57. The Balaban J connectivity index is 2.44. The van der Waals surface area contributed by atoms with E-state index in [0.717, 1.165) is 10.6 Å². The fourth-order valence-corrected chi connectivity index (χ4v) is 1.64. The highest BCUT2D eigenvalue weighted by Crippen LogP contribution is 2.25. The first-order valence-electron chi connectivity index (χ1n) is 3.31.